The molecule has 0 aromatic heterocycles. The van der Waals surface area contributed by atoms with E-state index in [1.807, 2.05) is 31.2 Å². The van der Waals surface area contributed by atoms with Gasteiger partial charge in [0.15, 0.2) is 0 Å². The van der Waals surface area contributed by atoms with Crippen LogP contribution in [0.4, 0.5) is 0 Å². The first-order valence-corrected chi connectivity index (χ1v) is 15.2. The Labute approximate surface area is 198 Å². The van der Waals surface area contributed by atoms with Crippen molar-refractivity contribution in [1.29, 1.82) is 0 Å². The van der Waals surface area contributed by atoms with Crippen LogP contribution < -0.4 is 9.16 Å². The lowest BCUT2D eigenvalue weighted by Gasteiger charge is -2.26. The second-order valence-corrected chi connectivity index (χ2v) is 13.6. The van der Waals surface area contributed by atoms with E-state index in [4.69, 9.17) is 9.16 Å². The molecule has 5 heteroatoms. The number of rotatable bonds is 11. The number of carbonyl (C=O) groups excluding carboxylic acids is 1. The molecular weight excluding hydrogens is 428 g/mol. The quantitative estimate of drug-likeness (QED) is 0.135. The van der Waals surface area contributed by atoms with Crippen molar-refractivity contribution >= 4 is 25.1 Å². The highest BCUT2D eigenvalue weighted by molar-refractivity contribution is 6.72. The summed E-state index contributed by atoms with van der Waals surface area (Å²) in [5.41, 5.74) is 1.13. The number of benzene rings is 3. The van der Waals surface area contributed by atoms with Crippen molar-refractivity contribution in [3.63, 3.8) is 0 Å². The third-order valence-electron chi connectivity index (χ3n) is 6.00. The van der Waals surface area contributed by atoms with Crippen molar-refractivity contribution in [3.05, 3.63) is 65.7 Å². The van der Waals surface area contributed by atoms with Gasteiger partial charge in [-0.3, -0.25) is 0 Å². The topological polar surface area (TPSA) is 55.8 Å². The zero-order valence-electron chi connectivity index (χ0n) is 20.3. The van der Waals surface area contributed by atoms with Crippen molar-refractivity contribution in [3.8, 4) is 17.2 Å². The third-order valence-corrected chi connectivity index (χ3v) is 8.33. The van der Waals surface area contributed by atoms with E-state index in [9.17, 15) is 9.90 Å². The fourth-order valence-electron chi connectivity index (χ4n) is 4.18. The smallest absolute Gasteiger partial charge is 0.347 e. The predicted molar refractivity (Wildman–Crippen MR) is 138 cm³/mol. The highest BCUT2D eigenvalue weighted by atomic mass is 28.4. The summed E-state index contributed by atoms with van der Waals surface area (Å²) in [4.78, 5) is 13.0. The molecule has 33 heavy (non-hydrogen) atoms. The minimum Gasteiger partial charge on any atom is -0.544 e. The Kier molecular flexibility index (Phi) is 8.56. The molecule has 1 N–H and O–H groups in total. The molecule has 0 saturated carbocycles. The zero-order valence-corrected chi connectivity index (χ0v) is 21.3. The normalized spacial score (nSPS) is 11.5. The van der Waals surface area contributed by atoms with Crippen molar-refractivity contribution in [1.82, 2.24) is 0 Å². The van der Waals surface area contributed by atoms with Crippen LogP contribution >= 0.6 is 0 Å². The van der Waals surface area contributed by atoms with E-state index in [0.29, 0.717) is 16.9 Å². The standard InChI is InChI=1S/C28H36O4Si/c1-5-6-7-8-9-13-19-33(3,4)32-25-20-24(28(30)31-22-16-11-10-12-17-22)27(29)23-18-14-15-21(2)26(23)25/h10-12,14-18,20,29H,5-9,13,19H2,1-4H3. The lowest BCUT2D eigenvalue weighted by atomic mass is 10.0. The maximum absolute atomic E-state index is 13.0. The van der Waals surface area contributed by atoms with Gasteiger partial charge in [-0.05, 0) is 49.8 Å². The minimum absolute atomic E-state index is 0.0719. The number of para-hydroxylation sites is 1. The summed E-state index contributed by atoms with van der Waals surface area (Å²) in [5.74, 6) is 0.426. The van der Waals surface area contributed by atoms with Crippen LogP contribution in [-0.2, 0) is 0 Å². The van der Waals surface area contributed by atoms with Gasteiger partial charge in [0, 0.05) is 10.8 Å². The Morgan fingerprint density at radius 1 is 0.939 bits per heavy atom. The molecule has 0 saturated heterocycles. The van der Waals surface area contributed by atoms with E-state index in [0.717, 1.165) is 23.4 Å². The van der Waals surface area contributed by atoms with Crippen LogP contribution in [-0.4, -0.2) is 19.4 Å². The molecular formula is C28H36O4Si. The summed E-state index contributed by atoms with van der Waals surface area (Å²) in [6.07, 6.45) is 7.51. The van der Waals surface area contributed by atoms with E-state index in [1.165, 1.54) is 32.1 Å². The number of carbonyl (C=O) groups is 1. The minimum atomic E-state index is -2.04. The van der Waals surface area contributed by atoms with Crippen LogP contribution in [0.15, 0.2) is 54.6 Å². The number of ether oxygens (including phenoxy) is 1. The third kappa shape index (κ3) is 6.61. The highest BCUT2D eigenvalue weighted by Crippen LogP contribution is 2.40. The largest absolute Gasteiger partial charge is 0.544 e. The Morgan fingerprint density at radius 3 is 2.36 bits per heavy atom. The molecule has 0 radical (unpaired) electrons. The molecule has 3 rings (SSSR count). The van der Waals surface area contributed by atoms with Crippen LogP contribution in [0.1, 0.15) is 61.4 Å². The number of aromatic hydroxyl groups is 1. The molecule has 0 aliphatic heterocycles. The lowest BCUT2D eigenvalue weighted by Crippen LogP contribution is -2.34. The first-order chi connectivity index (χ1) is 15.8. The first kappa shape index (κ1) is 24.8. The second-order valence-electron chi connectivity index (χ2n) is 9.35. The number of phenolic OH excluding ortho intramolecular Hbond substituents is 1. The van der Waals surface area contributed by atoms with Gasteiger partial charge in [-0.1, -0.05) is 81.8 Å². The van der Waals surface area contributed by atoms with Gasteiger partial charge in [0.05, 0.1) is 0 Å². The summed E-state index contributed by atoms with van der Waals surface area (Å²) in [7, 11) is -2.04. The average Bonchev–Trinajstić information content (AvgIpc) is 2.78. The number of esters is 1. The van der Waals surface area contributed by atoms with Crippen LogP contribution in [0, 0.1) is 6.92 Å². The molecule has 3 aromatic carbocycles. The van der Waals surface area contributed by atoms with Gasteiger partial charge >= 0.3 is 5.97 Å². The van der Waals surface area contributed by atoms with Crippen LogP contribution in [0.2, 0.25) is 19.1 Å². The summed E-state index contributed by atoms with van der Waals surface area (Å²) in [5, 5.41) is 12.4. The van der Waals surface area contributed by atoms with Crippen molar-refractivity contribution in [2.75, 3.05) is 0 Å². The van der Waals surface area contributed by atoms with Gasteiger partial charge in [-0.25, -0.2) is 4.79 Å². The van der Waals surface area contributed by atoms with E-state index in [-0.39, 0.29) is 11.3 Å². The molecule has 4 nitrogen and oxygen atoms in total. The fraction of sp³-hybridized carbons (Fsp3) is 0.393. The second kappa shape index (κ2) is 11.4. The Bertz CT molecular complexity index is 1080. The SMILES string of the molecule is CCCCCCCC[Si](C)(C)Oc1cc(C(=O)Oc2ccccc2)c(O)c2cccc(C)c12. The van der Waals surface area contributed by atoms with E-state index < -0.39 is 14.3 Å². The molecule has 3 aromatic rings. The molecule has 0 atom stereocenters. The van der Waals surface area contributed by atoms with E-state index in [2.05, 4.69) is 20.0 Å². The number of fused-ring (bicyclic) bond motifs is 1. The van der Waals surface area contributed by atoms with Gasteiger partial charge < -0.3 is 14.3 Å². The van der Waals surface area contributed by atoms with Crippen LogP contribution in [0.5, 0.6) is 17.2 Å². The Morgan fingerprint density at radius 2 is 1.64 bits per heavy atom. The lowest BCUT2D eigenvalue weighted by molar-refractivity contribution is 0.0731. The molecule has 0 amide bonds. The fourth-order valence-corrected chi connectivity index (χ4v) is 6.14. The Balaban J connectivity index is 1.87. The predicted octanol–water partition coefficient (Wildman–Crippen LogP) is 8.02. The van der Waals surface area contributed by atoms with Crippen LogP contribution in [0.3, 0.4) is 0 Å². The summed E-state index contributed by atoms with van der Waals surface area (Å²) >= 11 is 0. The van der Waals surface area contributed by atoms with Crippen molar-refractivity contribution in [2.24, 2.45) is 0 Å². The molecule has 0 spiro atoms. The number of hydrogen-bond donors (Lipinski definition) is 1. The van der Waals surface area contributed by atoms with Crippen molar-refractivity contribution < 1.29 is 19.1 Å². The average molecular weight is 465 g/mol. The molecule has 0 unspecified atom stereocenters. The number of unbranched alkanes of at least 4 members (excludes halogenated alkanes) is 5. The van der Waals surface area contributed by atoms with Gasteiger partial charge in [0.1, 0.15) is 22.8 Å². The summed E-state index contributed by atoms with van der Waals surface area (Å²) in [6, 6.07) is 17.3. The maximum Gasteiger partial charge on any atom is 0.347 e. The van der Waals surface area contributed by atoms with E-state index >= 15 is 0 Å². The van der Waals surface area contributed by atoms with Gasteiger partial charge in [-0.15, -0.1) is 0 Å². The zero-order chi connectivity index (χ0) is 23.8. The molecule has 0 aliphatic rings. The van der Waals surface area contributed by atoms with Gasteiger partial charge in [0.2, 0.25) is 8.32 Å². The monoisotopic (exact) mass is 464 g/mol. The molecule has 0 aliphatic carbocycles. The molecule has 0 fully saturated rings. The molecule has 176 valence electrons. The number of aryl methyl sites for hydroxylation is 1. The Hall–Kier alpha value is -2.79. The molecule has 0 heterocycles. The first-order valence-electron chi connectivity index (χ1n) is 12.0. The van der Waals surface area contributed by atoms with Gasteiger partial charge in [-0.2, -0.15) is 0 Å². The highest BCUT2D eigenvalue weighted by Gasteiger charge is 2.27. The van der Waals surface area contributed by atoms with Gasteiger partial charge in [0.25, 0.3) is 0 Å². The number of phenols is 1. The number of hydrogen-bond acceptors (Lipinski definition) is 4. The van der Waals surface area contributed by atoms with Crippen molar-refractivity contribution in [2.45, 2.75) is 71.5 Å². The maximum atomic E-state index is 13.0. The summed E-state index contributed by atoms with van der Waals surface area (Å²) in [6.45, 7) is 8.67. The summed E-state index contributed by atoms with van der Waals surface area (Å²) < 4.78 is 12.2. The van der Waals surface area contributed by atoms with E-state index in [1.54, 1.807) is 30.3 Å². The molecule has 0 bridgehead atoms. The van der Waals surface area contributed by atoms with Crippen LogP contribution in [0.25, 0.3) is 10.8 Å².